The standard InChI is InChI=1S/C40H29Cl2F3N4O8/c1-17-12-18(2-11-29(17)50)32-23-9-10-25-31(36(54)48(34(25)52)22-7-8-24(37(55)56)30(51)14-22)26(23)15-27-35(53)49(38(57)39(27,32)19-3-5-21(41)6-4-19)47-33-28(42)13-20(16-46-33)40(43,44)45/h2-9,11-14,16,25-27,31-32,50-51H,10,15H2,1H3,(H,46,47)(H,55,56)/t25-,26+,27-,31-,32-,39+/m0/s1. The summed E-state index contributed by atoms with van der Waals surface area (Å²) in [7, 11) is 0. The smallest absolute Gasteiger partial charge is 0.417 e. The summed E-state index contributed by atoms with van der Waals surface area (Å²) in [4.78, 5) is 74.9. The van der Waals surface area contributed by atoms with Gasteiger partial charge in [-0.05, 0) is 78.8 Å². The largest absolute Gasteiger partial charge is 0.508 e. The molecular weight excluding hydrogens is 792 g/mol. The number of hydrogen-bond acceptors (Lipinski definition) is 9. The molecule has 6 atom stereocenters. The number of carboxylic acid groups (broad SMARTS) is 1. The molecule has 4 N–H and O–H groups in total. The molecule has 8 rings (SSSR count). The van der Waals surface area contributed by atoms with Crippen LogP contribution in [0.2, 0.25) is 10.0 Å². The number of nitrogens with zero attached hydrogens (tertiary/aromatic N) is 3. The van der Waals surface area contributed by atoms with E-state index >= 15 is 4.79 Å². The maximum Gasteiger partial charge on any atom is 0.417 e. The quantitative estimate of drug-likeness (QED) is 0.117. The second-order valence-electron chi connectivity index (χ2n) is 14.5. The summed E-state index contributed by atoms with van der Waals surface area (Å²) in [5.74, 6) is -10.5. The zero-order chi connectivity index (χ0) is 40.9. The van der Waals surface area contributed by atoms with Crippen molar-refractivity contribution in [3.05, 3.63) is 122 Å². The molecule has 0 bridgehead atoms. The van der Waals surface area contributed by atoms with Crippen LogP contribution in [0.3, 0.4) is 0 Å². The van der Waals surface area contributed by atoms with Crippen molar-refractivity contribution in [2.24, 2.45) is 23.7 Å². The van der Waals surface area contributed by atoms with E-state index in [1.807, 2.05) is 0 Å². The van der Waals surface area contributed by atoms with Crippen molar-refractivity contribution in [2.75, 3.05) is 10.3 Å². The second kappa shape index (κ2) is 13.3. The number of aromatic hydroxyl groups is 2. The van der Waals surface area contributed by atoms with Gasteiger partial charge in [0.2, 0.25) is 11.8 Å². The Morgan fingerprint density at radius 1 is 0.912 bits per heavy atom. The maximum absolute atomic E-state index is 15.3. The molecule has 3 heterocycles. The average molecular weight is 822 g/mol. The Bertz CT molecular complexity index is 2480. The van der Waals surface area contributed by atoms with Crippen LogP contribution in [-0.2, 0) is 30.8 Å². The van der Waals surface area contributed by atoms with Crippen molar-refractivity contribution in [1.82, 2.24) is 9.99 Å². The normalized spacial score (nSPS) is 25.6. The van der Waals surface area contributed by atoms with Gasteiger partial charge in [0.15, 0.2) is 5.82 Å². The molecule has 292 valence electrons. The summed E-state index contributed by atoms with van der Waals surface area (Å²) in [6, 6.07) is 14.9. The van der Waals surface area contributed by atoms with Gasteiger partial charge in [0.05, 0.1) is 39.4 Å². The number of alkyl halides is 3. The highest BCUT2D eigenvalue weighted by molar-refractivity contribution is 6.33. The molecule has 4 aromatic rings. The molecule has 4 aliphatic rings. The molecule has 3 fully saturated rings. The first-order valence-corrected chi connectivity index (χ1v) is 18.3. The van der Waals surface area contributed by atoms with Gasteiger partial charge >= 0.3 is 12.1 Å². The highest BCUT2D eigenvalue weighted by Crippen LogP contribution is 2.64. The van der Waals surface area contributed by atoms with Gasteiger partial charge < -0.3 is 15.3 Å². The summed E-state index contributed by atoms with van der Waals surface area (Å²) in [6.45, 7) is 1.65. The van der Waals surface area contributed by atoms with Crippen molar-refractivity contribution in [3.63, 3.8) is 0 Å². The number of aromatic carboxylic acids is 1. The second-order valence-corrected chi connectivity index (χ2v) is 15.3. The molecule has 3 aromatic carbocycles. The molecule has 2 saturated heterocycles. The van der Waals surface area contributed by atoms with E-state index in [-0.39, 0.29) is 24.3 Å². The van der Waals surface area contributed by atoms with E-state index in [9.17, 15) is 47.7 Å². The molecule has 1 aromatic heterocycles. The molecule has 2 aliphatic carbocycles. The number of aromatic nitrogens is 1. The molecule has 17 heteroatoms. The van der Waals surface area contributed by atoms with Crippen molar-refractivity contribution in [3.8, 4) is 11.5 Å². The van der Waals surface area contributed by atoms with Crippen LogP contribution in [0.4, 0.5) is 24.7 Å². The highest BCUT2D eigenvalue weighted by Gasteiger charge is 2.70. The van der Waals surface area contributed by atoms with Crippen molar-refractivity contribution < 1.29 is 52.5 Å². The Balaban J connectivity index is 1.29. The summed E-state index contributed by atoms with van der Waals surface area (Å²) in [6.07, 6.45) is -2.59. The molecule has 57 heavy (non-hydrogen) atoms. The van der Waals surface area contributed by atoms with Gasteiger partial charge in [-0.3, -0.25) is 24.6 Å². The molecule has 0 spiro atoms. The van der Waals surface area contributed by atoms with Gasteiger partial charge in [-0.2, -0.15) is 18.2 Å². The highest BCUT2D eigenvalue weighted by atomic mass is 35.5. The minimum absolute atomic E-state index is 0.0425. The number of benzene rings is 3. The minimum atomic E-state index is -4.78. The van der Waals surface area contributed by atoms with Crippen LogP contribution in [0.1, 0.15) is 51.4 Å². The zero-order valence-electron chi connectivity index (χ0n) is 29.4. The Kier molecular flexibility index (Phi) is 8.89. The molecule has 12 nitrogen and oxygen atoms in total. The number of halogens is 5. The van der Waals surface area contributed by atoms with Crippen LogP contribution >= 0.6 is 23.2 Å². The van der Waals surface area contributed by atoms with E-state index in [0.717, 1.165) is 17.0 Å². The number of aryl methyl sites for hydroxylation is 1. The number of hydrogen-bond donors (Lipinski definition) is 4. The van der Waals surface area contributed by atoms with Gasteiger partial charge in [-0.15, -0.1) is 0 Å². The predicted octanol–water partition coefficient (Wildman–Crippen LogP) is 7.01. The van der Waals surface area contributed by atoms with Crippen molar-refractivity contribution in [2.45, 2.75) is 37.3 Å². The maximum atomic E-state index is 15.3. The van der Waals surface area contributed by atoms with Gasteiger partial charge in [0.1, 0.15) is 17.1 Å². The van der Waals surface area contributed by atoms with E-state index in [2.05, 4.69) is 10.4 Å². The first-order valence-electron chi connectivity index (χ1n) is 17.5. The third-order valence-electron chi connectivity index (χ3n) is 11.6. The average Bonchev–Trinajstić information content (AvgIpc) is 3.53. The number of rotatable bonds is 6. The van der Waals surface area contributed by atoms with Crippen LogP contribution in [0.5, 0.6) is 11.5 Å². The van der Waals surface area contributed by atoms with Crippen LogP contribution in [0.15, 0.2) is 84.6 Å². The number of imide groups is 2. The lowest BCUT2D eigenvalue weighted by Gasteiger charge is -2.50. The third-order valence-corrected chi connectivity index (χ3v) is 12.1. The fourth-order valence-electron chi connectivity index (χ4n) is 9.11. The summed E-state index contributed by atoms with van der Waals surface area (Å²) in [5.41, 5.74) is 0.979. The van der Waals surface area contributed by atoms with E-state index in [4.69, 9.17) is 23.2 Å². The first-order chi connectivity index (χ1) is 26.9. The number of phenols is 2. The van der Waals surface area contributed by atoms with Crippen LogP contribution in [-0.4, -0.2) is 54.9 Å². The number of anilines is 2. The summed E-state index contributed by atoms with van der Waals surface area (Å²) < 4.78 is 40.4. The number of nitrogens with one attached hydrogen (secondary N) is 1. The van der Waals surface area contributed by atoms with E-state index < -0.39 is 98.5 Å². The number of hydrazine groups is 1. The van der Waals surface area contributed by atoms with Gasteiger partial charge in [0.25, 0.3) is 11.8 Å². The van der Waals surface area contributed by atoms with E-state index in [1.165, 1.54) is 12.1 Å². The third kappa shape index (κ3) is 5.73. The van der Waals surface area contributed by atoms with Gasteiger partial charge in [0, 0.05) is 23.2 Å². The topological polar surface area (TPSA) is 177 Å². The molecule has 0 unspecified atom stereocenters. The molecule has 1 saturated carbocycles. The monoisotopic (exact) mass is 820 g/mol. The fourth-order valence-corrected chi connectivity index (χ4v) is 9.45. The number of carbonyl (C=O) groups is 5. The van der Waals surface area contributed by atoms with Crippen molar-refractivity contribution in [1.29, 1.82) is 0 Å². The number of fused-ring (bicyclic) bond motifs is 4. The van der Waals surface area contributed by atoms with Crippen LogP contribution < -0.4 is 10.3 Å². The number of pyridine rings is 1. The lowest BCUT2D eigenvalue weighted by molar-refractivity contribution is -0.139. The number of carbonyl (C=O) groups excluding carboxylic acids is 4. The fraction of sp³-hybridized carbons (Fsp3) is 0.250. The number of allylic oxidation sites excluding steroid dienone is 2. The van der Waals surface area contributed by atoms with E-state index in [1.54, 1.807) is 49.4 Å². The SMILES string of the molecule is Cc1cc([C@H]2C3=CC[C@@H]4C(=O)N(c5ccc(C(=O)O)c(O)c5)C(=O)[C@@H]4[C@@H]3C[C@H]3C(=O)N(Nc4ncc(C(F)(F)F)cc4Cl)C(=O)[C@@]23c2ccc(Cl)cc2)ccc1O. The summed E-state index contributed by atoms with van der Waals surface area (Å²) >= 11 is 12.5. The Hall–Kier alpha value is -5.93. The molecule has 2 aliphatic heterocycles. The van der Waals surface area contributed by atoms with Gasteiger partial charge in [-0.25, -0.2) is 14.7 Å². The zero-order valence-corrected chi connectivity index (χ0v) is 30.9. The van der Waals surface area contributed by atoms with Crippen LogP contribution in [0, 0.1) is 30.6 Å². The van der Waals surface area contributed by atoms with Crippen LogP contribution in [0.25, 0.3) is 0 Å². The number of phenolic OH excluding ortho intramolecular Hbond substituents is 1. The van der Waals surface area contributed by atoms with E-state index in [0.29, 0.717) is 44.6 Å². The Morgan fingerprint density at radius 2 is 1.63 bits per heavy atom. The predicted molar refractivity (Wildman–Crippen MR) is 197 cm³/mol. The van der Waals surface area contributed by atoms with Crippen molar-refractivity contribution >= 4 is 64.3 Å². The molecule has 4 amide bonds. The lowest BCUT2D eigenvalue weighted by Crippen LogP contribution is -2.53. The lowest BCUT2D eigenvalue weighted by atomic mass is 9.49. The van der Waals surface area contributed by atoms with Gasteiger partial charge in [-0.1, -0.05) is 59.1 Å². The minimum Gasteiger partial charge on any atom is -0.508 e. The molecular formula is C40H29Cl2F3N4O8. The number of amides is 4. The molecule has 0 radical (unpaired) electrons. The number of carboxylic acids is 1. The Labute approximate surface area is 331 Å². The summed E-state index contributed by atoms with van der Waals surface area (Å²) in [5, 5.41) is 30.9. The Morgan fingerprint density at radius 3 is 2.26 bits per heavy atom. The first kappa shape index (κ1) is 38.0.